The van der Waals surface area contributed by atoms with Crippen molar-refractivity contribution in [3.05, 3.63) is 58.1 Å². The van der Waals surface area contributed by atoms with Crippen molar-refractivity contribution in [3.8, 4) is 0 Å². The summed E-state index contributed by atoms with van der Waals surface area (Å²) >= 11 is 6.07. The molecule has 0 bridgehead atoms. The van der Waals surface area contributed by atoms with Gasteiger partial charge in [0.05, 0.1) is 5.02 Å². The lowest BCUT2D eigenvalue weighted by atomic mass is 9.96. The highest BCUT2D eigenvalue weighted by molar-refractivity contribution is 6.35. The van der Waals surface area contributed by atoms with E-state index in [2.05, 4.69) is 5.32 Å². The second-order valence-corrected chi connectivity index (χ2v) is 5.40. The van der Waals surface area contributed by atoms with Gasteiger partial charge in [-0.05, 0) is 48.4 Å². The molecule has 4 nitrogen and oxygen atoms in total. The lowest BCUT2D eigenvalue weighted by molar-refractivity contribution is -0.116. The van der Waals surface area contributed by atoms with Gasteiger partial charge < -0.3 is 11.1 Å². The van der Waals surface area contributed by atoms with Crippen LogP contribution in [0.3, 0.4) is 0 Å². The van der Waals surface area contributed by atoms with Crippen LogP contribution in [-0.4, -0.2) is 11.7 Å². The minimum atomic E-state index is -0.174. The predicted molar refractivity (Wildman–Crippen MR) is 82.7 cm³/mol. The van der Waals surface area contributed by atoms with Gasteiger partial charge in [-0.15, -0.1) is 0 Å². The SMILES string of the molecule is Nc1ccc(Cl)c(C(=O)c2ccc3c(c2)CCC(=O)N3)c1. The van der Waals surface area contributed by atoms with Crippen LogP contribution in [0.4, 0.5) is 11.4 Å². The summed E-state index contributed by atoms with van der Waals surface area (Å²) in [6, 6.07) is 10.1. The van der Waals surface area contributed by atoms with Gasteiger partial charge in [0, 0.05) is 28.9 Å². The largest absolute Gasteiger partial charge is 0.399 e. The summed E-state index contributed by atoms with van der Waals surface area (Å²) in [7, 11) is 0. The maximum atomic E-state index is 12.5. The molecule has 3 rings (SSSR count). The molecule has 0 aromatic heterocycles. The third-order valence-electron chi connectivity index (χ3n) is 3.50. The number of fused-ring (bicyclic) bond motifs is 1. The van der Waals surface area contributed by atoms with Crippen molar-refractivity contribution >= 4 is 34.7 Å². The molecule has 2 aromatic rings. The maximum Gasteiger partial charge on any atom is 0.224 e. The molecule has 0 spiro atoms. The Kier molecular flexibility index (Phi) is 3.39. The van der Waals surface area contributed by atoms with E-state index in [-0.39, 0.29) is 11.7 Å². The number of carbonyl (C=O) groups excluding carboxylic acids is 2. The molecule has 0 saturated heterocycles. The average Bonchev–Trinajstić information content (AvgIpc) is 2.48. The lowest BCUT2D eigenvalue weighted by Crippen LogP contribution is -2.19. The van der Waals surface area contributed by atoms with Gasteiger partial charge in [-0.1, -0.05) is 11.6 Å². The van der Waals surface area contributed by atoms with Crippen LogP contribution >= 0.6 is 11.6 Å². The molecule has 106 valence electrons. The number of amides is 1. The van der Waals surface area contributed by atoms with E-state index in [1.807, 2.05) is 0 Å². The number of carbonyl (C=O) groups is 2. The second-order valence-electron chi connectivity index (χ2n) is 4.99. The molecule has 0 unspecified atom stereocenters. The van der Waals surface area contributed by atoms with E-state index in [4.69, 9.17) is 17.3 Å². The maximum absolute atomic E-state index is 12.5. The summed E-state index contributed by atoms with van der Waals surface area (Å²) in [6.45, 7) is 0. The molecule has 1 aliphatic heterocycles. The molecule has 21 heavy (non-hydrogen) atoms. The Morgan fingerprint density at radius 1 is 1.14 bits per heavy atom. The number of aryl methyl sites for hydroxylation is 1. The third-order valence-corrected chi connectivity index (χ3v) is 3.83. The number of nitrogens with one attached hydrogen (secondary N) is 1. The molecule has 0 saturated carbocycles. The van der Waals surface area contributed by atoms with Gasteiger partial charge in [0.25, 0.3) is 0 Å². The van der Waals surface area contributed by atoms with Crippen LogP contribution in [0.15, 0.2) is 36.4 Å². The zero-order chi connectivity index (χ0) is 15.0. The zero-order valence-electron chi connectivity index (χ0n) is 11.2. The van der Waals surface area contributed by atoms with Crippen molar-refractivity contribution in [1.29, 1.82) is 0 Å². The Hall–Kier alpha value is -2.33. The van der Waals surface area contributed by atoms with Crippen molar-refractivity contribution < 1.29 is 9.59 Å². The van der Waals surface area contributed by atoms with Crippen LogP contribution in [0.5, 0.6) is 0 Å². The van der Waals surface area contributed by atoms with Crippen LogP contribution in [0.1, 0.15) is 27.9 Å². The number of halogens is 1. The highest BCUT2D eigenvalue weighted by Crippen LogP contribution is 2.27. The van der Waals surface area contributed by atoms with E-state index in [0.717, 1.165) is 11.3 Å². The van der Waals surface area contributed by atoms with Crippen molar-refractivity contribution in [2.45, 2.75) is 12.8 Å². The summed E-state index contributed by atoms with van der Waals surface area (Å²) < 4.78 is 0. The van der Waals surface area contributed by atoms with Gasteiger partial charge in [0.1, 0.15) is 0 Å². The fourth-order valence-corrected chi connectivity index (χ4v) is 2.60. The Morgan fingerprint density at radius 2 is 1.95 bits per heavy atom. The van der Waals surface area contributed by atoms with Crippen molar-refractivity contribution in [2.75, 3.05) is 11.1 Å². The zero-order valence-corrected chi connectivity index (χ0v) is 11.9. The molecule has 0 atom stereocenters. The third kappa shape index (κ3) is 2.62. The number of hydrogen-bond acceptors (Lipinski definition) is 3. The number of anilines is 2. The molecule has 0 radical (unpaired) electrons. The normalized spacial score (nSPS) is 13.5. The van der Waals surface area contributed by atoms with Crippen LogP contribution in [0.2, 0.25) is 5.02 Å². The molecule has 1 heterocycles. The van der Waals surface area contributed by atoms with E-state index in [0.29, 0.717) is 34.7 Å². The summed E-state index contributed by atoms with van der Waals surface area (Å²) in [5.41, 5.74) is 8.85. The van der Waals surface area contributed by atoms with Gasteiger partial charge in [-0.25, -0.2) is 0 Å². The molecule has 1 amide bonds. The lowest BCUT2D eigenvalue weighted by Gasteiger charge is -2.17. The molecule has 5 heteroatoms. The number of rotatable bonds is 2. The predicted octanol–water partition coefficient (Wildman–Crippen LogP) is 3.04. The number of hydrogen-bond donors (Lipinski definition) is 2. The van der Waals surface area contributed by atoms with Crippen LogP contribution in [0.25, 0.3) is 0 Å². The monoisotopic (exact) mass is 300 g/mol. The van der Waals surface area contributed by atoms with Gasteiger partial charge in [-0.2, -0.15) is 0 Å². The molecule has 0 aliphatic carbocycles. The van der Waals surface area contributed by atoms with Gasteiger partial charge >= 0.3 is 0 Å². The van der Waals surface area contributed by atoms with E-state index in [9.17, 15) is 9.59 Å². The molecule has 2 aromatic carbocycles. The summed E-state index contributed by atoms with van der Waals surface area (Å²) in [5, 5.41) is 3.17. The van der Waals surface area contributed by atoms with Crippen molar-refractivity contribution in [2.24, 2.45) is 0 Å². The van der Waals surface area contributed by atoms with E-state index in [1.165, 1.54) is 0 Å². The molecular formula is C16H13ClN2O2. The topological polar surface area (TPSA) is 72.2 Å². The van der Waals surface area contributed by atoms with Crippen molar-refractivity contribution in [1.82, 2.24) is 0 Å². The Morgan fingerprint density at radius 3 is 2.76 bits per heavy atom. The summed E-state index contributed by atoms with van der Waals surface area (Å²) in [4.78, 5) is 23.9. The van der Waals surface area contributed by atoms with Crippen LogP contribution in [-0.2, 0) is 11.2 Å². The van der Waals surface area contributed by atoms with Gasteiger partial charge in [0.2, 0.25) is 5.91 Å². The van der Waals surface area contributed by atoms with E-state index < -0.39 is 0 Å². The Labute approximate surface area is 126 Å². The molecule has 1 aliphatic rings. The quantitative estimate of drug-likeness (QED) is 0.661. The summed E-state index contributed by atoms with van der Waals surface area (Å²) in [5.74, 6) is -0.174. The first kappa shape index (κ1) is 13.6. The number of benzene rings is 2. The fraction of sp³-hybridized carbons (Fsp3) is 0.125. The average molecular weight is 301 g/mol. The van der Waals surface area contributed by atoms with Crippen molar-refractivity contribution in [3.63, 3.8) is 0 Å². The first-order valence-corrected chi connectivity index (χ1v) is 6.95. The standard InChI is InChI=1S/C16H13ClN2O2/c17-13-4-3-11(18)8-12(13)16(21)10-1-5-14-9(7-10)2-6-15(20)19-14/h1,3-5,7-8H,2,6,18H2,(H,19,20). The molecule has 3 N–H and O–H groups in total. The molecular weight excluding hydrogens is 288 g/mol. The van der Waals surface area contributed by atoms with Crippen LogP contribution < -0.4 is 11.1 Å². The summed E-state index contributed by atoms with van der Waals surface area (Å²) in [6.07, 6.45) is 1.07. The number of nitrogens with two attached hydrogens (primary N) is 1. The molecule has 0 fully saturated rings. The highest BCUT2D eigenvalue weighted by Gasteiger charge is 2.18. The number of ketones is 1. The van der Waals surface area contributed by atoms with E-state index in [1.54, 1.807) is 36.4 Å². The minimum Gasteiger partial charge on any atom is -0.399 e. The van der Waals surface area contributed by atoms with Gasteiger partial charge in [-0.3, -0.25) is 9.59 Å². The Balaban J connectivity index is 1.99. The van der Waals surface area contributed by atoms with Gasteiger partial charge in [0.15, 0.2) is 5.78 Å². The van der Waals surface area contributed by atoms with E-state index >= 15 is 0 Å². The second kappa shape index (κ2) is 5.22. The Bertz CT molecular complexity index is 756. The number of nitrogen functional groups attached to an aromatic ring is 1. The first-order chi connectivity index (χ1) is 10.0. The van der Waals surface area contributed by atoms with Crippen LogP contribution in [0, 0.1) is 0 Å². The fourth-order valence-electron chi connectivity index (χ4n) is 2.40. The first-order valence-electron chi connectivity index (χ1n) is 6.57. The minimum absolute atomic E-state index is 0.000420. The smallest absolute Gasteiger partial charge is 0.224 e. The highest BCUT2D eigenvalue weighted by atomic mass is 35.5.